The van der Waals surface area contributed by atoms with Crippen molar-refractivity contribution in [3.8, 4) is 0 Å². The van der Waals surface area contributed by atoms with Gasteiger partial charge in [0.2, 0.25) is 5.91 Å². The number of hydrogen-bond acceptors (Lipinski definition) is 3. The molecule has 2 N–H and O–H groups in total. The minimum absolute atomic E-state index is 0.00122. The van der Waals surface area contributed by atoms with Crippen LogP contribution in [0.3, 0.4) is 0 Å². The van der Waals surface area contributed by atoms with E-state index in [1.807, 2.05) is 6.92 Å². The Morgan fingerprint density at radius 2 is 2.31 bits per heavy atom. The number of nitrogens with one attached hydrogen (secondary N) is 1. The standard InChI is InChI=1S/C9H17NO3/c1-7(2)9(12)10-6-8(3)13-5-4-11/h8,11H,1,4-6H2,2-3H3,(H,10,12). The van der Waals surface area contributed by atoms with Crippen molar-refractivity contribution >= 4 is 5.91 Å². The summed E-state index contributed by atoms with van der Waals surface area (Å²) >= 11 is 0. The fourth-order valence-electron chi connectivity index (χ4n) is 0.700. The molecular formula is C9H17NO3. The molecule has 0 aromatic rings. The molecule has 0 radical (unpaired) electrons. The average Bonchev–Trinajstić information content (AvgIpc) is 2.10. The first-order chi connectivity index (χ1) is 6.07. The van der Waals surface area contributed by atoms with Crippen LogP contribution in [0.5, 0.6) is 0 Å². The molecule has 0 aliphatic heterocycles. The molecule has 0 spiro atoms. The first-order valence-electron chi connectivity index (χ1n) is 4.24. The molecular weight excluding hydrogens is 170 g/mol. The zero-order valence-electron chi connectivity index (χ0n) is 8.17. The SMILES string of the molecule is C=C(C)C(=O)NCC(C)OCCO. The van der Waals surface area contributed by atoms with E-state index in [4.69, 9.17) is 9.84 Å². The van der Waals surface area contributed by atoms with E-state index in [-0.39, 0.29) is 18.6 Å². The lowest BCUT2D eigenvalue weighted by molar-refractivity contribution is -0.118. The number of hydrogen-bond donors (Lipinski definition) is 2. The van der Waals surface area contributed by atoms with Crippen molar-refractivity contribution in [1.82, 2.24) is 5.32 Å². The van der Waals surface area contributed by atoms with Gasteiger partial charge in [0.1, 0.15) is 0 Å². The van der Waals surface area contributed by atoms with Crippen LogP contribution >= 0.6 is 0 Å². The van der Waals surface area contributed by atoms with E-state index in [0.717, 1.165) is 0 Å². The van der Waals surface area contributed by atoms with Gasteiger partial charge in [0.05, 0.1) is 19.3 Å². The van der Waals surface area contributed by atoms with E-state index in [1.54, 1.807) is 6.92 Å². The molecule has 0 aliphatic carbocycles. The molecule has 1 amide bonds. The molecule has 0 aliphatic rings. The van der Waals surface area contributed by atoms with Gasteiger partial charge in [0, 0.05) is 12.1 Å². The van der Waals surface area contributed by atoms with Gasteiger partial charge in [-0.05, 0) is 13.8 Å². The second-order valence-corrected chi connectivity index (χ2v) is 2.90. The number of rotatable bonds is 6. The lowest BCUT2D eigenvalue weighted by Crippen LogP contribution is -2.32. The number of ether oxygens (including phenoxy) is 1. The second-order valence-electron chi connectivity index (χ2n) is 2.90. The summed E-state index contributed by atoms with van der Waals surface area (Å²) in [5, 5.41) is 11.1. The summed E-state index contributed by atoms with van der Waals surface area (Å²) in [5.41, 5.74) is 0.481. The smallest absolute Gasteiger partial charge is 0.246 e. The first kappa shape index (κ1) is 12.1. The van der Waals surface area contributed by atoms with Gasteiger partial charge in [-0.25, -0.2) is 0 Å². The Kier molecular flexibility index (Phi) is 6.18. The highest BCUT2D eigenvalue weighted by atomic mass is 16.5. The molecule has 0 aromatic carbocycles. The van der Waals surface area contributed by atoms with Gasteiger partial charge in [-0.15, -0.1) is 0 Å². The van der Waals surface area contributed by atoms with Crippen LogP contribution in [0.4, 0.5) is 0 Å². The summed E-state index contributed by atoms with van der Waals surface area (Å²) in [4.78, 5) is 11.0. The van der Waals surface area contributed by atoms with Crippen molar-refractivity contribution < 1.29 is 14.6 Å². The molecule has 76 valence electrons. The highest BCUT2D eigenvalue weighted by Gasteiger charge is 2.05. The first-order valence-corrected chi connectivity index (χ1v) is 4.24. The third kappa shape index (κ3) is 6.31. The minimum Gasteiger partial charge on any atom is -0.394 e. The van der Waals surface area contributed by atoms with Gasteiger partial charge in [0.25, 0.3) is 0 Å². The predicted molar refractivity (Wildman–Crippen MR) is 50.3 cm³/mol. The number of aliphatic hydroxyl groups excluding tert-OH is 1. The quantitative estimate of drug-likeness (QED) is 0.579. The van der Waals surface area contributed by atoms with Crippen LogP contribution in [0, 0.1) is 0 Å². The molecule has 4 heteroatoms. The molecule has 0 fully saturated rings. The summed E-state index contributed by atoms with van der Waals surface area (Å²) in [5.74, 6) is -0.167. The maximum atomic E-state index is 11.0. The Morgan fingerprint density at radius 3 is 2.77 bits per heavy atom. The van der Waals surface area contributed by atoms with Crippen LogP contribution in [0.1, 0.15) is 13.8 Å². The Hall–Kier alpha value is -0.870. The fourth-order valence-corrected chi connectivity index (χ4v) is 0.700. The Bertz CT molecular complexity index is 180. The Morgan fingerprint density at radius 1 is 1.69 bits per heavy atom. The summed E-state index contributed by atoms with van der Waals surface area (Å²) in [6, 6.07) is 0. The van der Waals surface area contributed by atoms with Crippen molar-refractivity contribution in [3.05, 3.63) is 12.2 Å². The highest BCUT2D eigenvalue weighted by molar-refractivity contribution is 5.92. The van der Waals surface area contributed by atoms with Gasteiger partial charge < -0.3 is 15.2 Å². The topological polar surface area (TPSA) is 58.6 Å². The third-order valence-corrected chi connectivity index (χ3v) is 1.43. The van der Waals surface area contributed by atoms with E-state index >= 15 is 0 Å². The van der Waals surface area contributed by atoms with Gasteiger partial charge in [0.15, 0.2) is 0 Å². The highest BCUT2D eigenvalue weighted by Crippen LogP contribution is 1.90. The molecule has 0 saturated carbocycles. The molecule has 0 bridgehead atoms. The predicted octanol–water partition coefficient (Wildman–Crippen LogP) is 0.0761. The molecule has 13 heavy (non-hydrogen) atoms. The van der Waals surface area contributed by atoms with E-state index in [0.29, 0.717) is 18.7 Å². The van der Waals surface area contributed by atoms with Crippen molar-refractivity contribution in [2.75, 3.05) is 19.8 Å². The van der Waals surface area contributed by atoms with Crippen LogP contribution < -0.4 is 5.32 Å². The summed E-state index contributed by atoms with van der Waals surface area (Å²) < 4.78 is 5.13. The van der Waals surface area contributed by atoms with Crippen molar-refractivity contribution in [3.63, 3.8) is 0 Å². The van der Waals surface area contributed by atoms with E-state index in [9.17, 15) is 4.79 Å². The van der Waals surface area contributed by atoms with Crippen LogP contribution in [0.25, 0.3) is 0 Å². The number of aliphatic hydroxyl groups is 1. The second kappa shape index (κ2) is 6.62. The normalized spacial score (nSPS) is 12.2. The maximum absolute atomic E-state index is 11.0. The molecule has 0 saturated heterocycles. The van der Waals surface area contributed by atoms with Crippen LogP contribution in [0.2, 0.25) is 0 Å². The summed E-state index contributed by atoms with van der Waals surface area (Å²) in [7, 11) is 0. The monoisotopic (exact) mass is 187 g/mol. The largest absolute Gasteiger partial charge is 0.394 e. The summed E-state index contributed by atoms with van der Waals surface area (Å²) in [6.07, 6.45) is -0.0875. The Labute approximate surface area is 78.6 Å². The van der Waals surface area contributed by atoms with Crippen LogP contribution in [-0.4, -0.2) is 36.9 Å². The average molecular weight is 187 g/mol. The Balaban J connectivity index is 3.51. The van der Waals surface area contributed by atoms with Gasteiger partial charge in [-0.3, -0.25) is 4.79 Å². The van der Waals surface area contributed by atoms with Gasteiger partial charge >= 0.3 is 0 Å². The molecule has 0 heterocycles. The van der Waals surface area contributed by atoms with Gasteiger partial charge in [-0.2, -0.15) is 0 Å². The van der Waals surface area contributed by atoms with E-state index in [2.05, 4.69) is 11.9 Å². The van der Waals surface area contributed by atoms with Crippen LogP contribution in [0.15, 0.2) is 12.2 Å². The molecule has 4 nitrogen and oxygen atoms in total. The van der Waals surface area contributed by atoms with Gasteiger partial charge in [-0.1, -0.05) is 6.58 Å². The lowest BCUT2D eigenvalue weighted by atomic mass is 10.3. The van der Waals surface area contributed by atoms with E-state index in [1.165, 1.54) is 0 Å². The van der Waals surface area contributed by atoms with Crippen molar-refractivity contribution in [1.29, 1.82) is 0 Å². The number of amides is 1. The maximum Gasteiger partial charge on any atom is 0.246 e. The van der Waals surface area contributed by atoms with Crippen LogP contribution in [-0.2, 0) is 9.53 Å². The molecule has 0 aromatic heterocycles. The lowest BCUT2D eigenvalue weighted by Gasteiger charge is -2.12. The number of carbonyl (C=O) groups is 1. The zero-order valence-corrected chi connectivity index (χ0v) is 8.17. The van der Waals surface area contributed by atoms with E-state index < -0.39 is 0 Å². The van der Waals surface area contributed by atoms with Crippen molar-refractivity contribution in [2.24, 2.45) is 0 Å². The van der Waals surface area contributed by atoms with Crippen molar-refractivity contribution in [2.45, 2.75) is 20.0 Å². The summed E-state index contributed by atoms with van der Waals surface area (Å²) in [6.45, 7) is 7.71. The number of carbonyl (C=O) groups excluding carboxylic acids is 1. The zero-order chi connectivity index (χ0) is 10.3. The molecule has 1 atom stereocenters. The molecule has 0 rings (SSSR count). The minimum atomic E-state index is -0.167. The molecule has 1 unspecified atom stereocenters. The third-order valence-electron chi connectivity index (χ3n) is 1.43. The fraction of sp³-hybridized carbons (Fsp3) is 0.667.